The molecule has 0 fully saturated rings. The molecule has 1 N–H and O–H groups in total. The standard InChI is InChI=1S/C11H15NO5/c1-6-5-8(17-7(6)2)9(10(13)15-3)12-11(14)16-4/h5,9H,1-4H3,(H,12,14). The van der Waals surface area contributed by atoms with Gasteiger partial charge in [0.2, 0.25) is 0 Å². The molecule has 1 aromatic rings. The lowest BCUT2D eigenvalue weighted by Crippen LogP contribution is -2.34. The van der Waals surface area contributed by atoms with Gasteiger partial charge in [-0.15, -0.1) is 0 Å². The molecule has 0 bridgehead atoms. The van der Waals surface area contributed by atoms with Crippen LogP contribution in [0.15, 0.2) is 10.5 Å². The van der Waals surface area contributed by atoms with Crippen molar-refractivity contribution in [3.63, 3.8) is 0 Å². The van der Waals surface area contributed by atoms with E-state index in [1.807, 2.05) is 6.92 Å². The van der Waals surface area contributed by atoms with E-state index in [0.717, 1.165) is 5.56 Å². The monoisotopic (exact) mass is 241 g/mol. The molecule has 17 heavy (non-hydrogen) atoms. The molecular weight excluding hydrogens is 226 g/mol. The van der Waals surface area contributed by atoms with Gasteiger partial charge in [-0.25, -0.2) is 9.59 Å². The summed E-state index contributed by atoms with van der Waals surface area (Å²) in [6, 6.07) is 0.673. The van der Waals surface area contributed by atoms with Crippen LogP contribution in [0, 0.1) is 13.8 Å². The highest BCUT2D eigenvalue weighted by Crippen LogP contribution is 2.21. The first-order chi connectivity index (χ1) is 7.99. The van der Waals surface area contributed by atoms with Crippen LogP contribution in [-0.4, -0.2) is 26.3 Å². The molecule has 0 saturated heterocycles. The Morgan fingerprint density at radius 3 is 2.35 bits per heavy atom. The molecule has 1 aromatic heterocycles. The van der Waals surface area contributed by atoms with Gasteiger partial charge < -0.3 is 19.2 Å². The third-order valence-corrected chi connectivity index (χ3v) is 2.35. The van der Waals surface area contributed by atoms with Crippen molar-refractivity contribution in [2.75, 3.05) is 14.2 Å². The van der Waals surface area contributed by atoms with Crippen molar-refractivity contribution < 1.29 is 23.5 Å². The first kappa shape index (κ1) is 13.1. The molecule has 94 valence electrons. The Bertz CT molecular complexity index is 404. The van der Waals surface area contributed by atoms with Crippen molar-refractivity contribution in [3.8, 4) is 0 Å². The largest absolute Gasteiger partial charge is 0.467 e. The molecule has 6 nitrogen and oxygen atoms in total. The van der Waals surface area contributed by atoms with E-state index in [1.165, 1.54) is 14.2 Å². The second-order valence-electron chi connectivity index (χ2n) is 3.48. The third-order valence-electron chi connectivity index (χ3n) is 2.35. The number of aryl methyl sites for hydroxylation is 2. The van der Waals surface area contributed by atoms with Gasteiger partial charge >= 0.3 is 12.1 Å². The summed E-state index contributed by atoms with van der Waals surface area (Å²) in [7, 11) is 2.44. The molecule has 1 rings (SSSR count). The molecule has 0 saturated carbocycles. The molecule has 1 unspecified atom stereocenters. The molecule has 1 amide bonds. The molecule has 0 aliphatic heterocycles. The fourth-order valence-corrected chi connectivity index (χ4v) is 1.28. The summed E-state index contributed by atoms with van der Waals surface area (Å²) in [5, 5.41) is 2.34. The fraction of sp³-hybridized carbons (Fsp3) is 0.455. The third kappa shape index (κ3) is 2.99. The highest BCUT2D eigenvalue weighted by atomic mass is 16.5. The summed E-state index contributed by atoms with van der Waals surface area (Å²) < 4.78 is 14.4. The lowest BCUT2D eigenvalue weighted by Gasteiger charge is -2.13. The number of carbonyl (C=O) groups is 2. The van der Waals surface area contributed by atoms with Crippen molar-refractivity contribution in [1.29, 1.82) is 0 Å². The minimum absolute atomic E-state index is 0.317. The van der Waals surface area contributed by atoms with Crippen molar-refractivity contribution in [2.45, 2.75) is 19.9 Å². The summed E-state index contributed by atoms with van der Waals surface area (Å²) in [6.07, 6.45) is -0.730. The molecule has 0 aliphatic rings. The number of esters is 1. The van der Waals surface area contributed by atoms with Gasteiger partial charge in [0.25, 0.3) is 0 Å². The second kappa shape index (κ2) is 5.38. The maximum absolute atomic E-state index is 11.5. The SMILES string of the molecule is COC(=O)NC(C(=O)OC)c1cc(C)c(C)o1. The Morgan fingerprint density at radius 1 is 1.29 bits per heavy atom. The minimum atomic E-state index is -1.00. The Kier molecular flexibility index (Phi) is 4.14. The Hall–Kier alpha value is -1.98. The van der Waals surface area contributed by atoms with Crippen LogP contribution in [0.5, 0.6) is 0 Å². The van der Waals surface area contributed by atoms with Gasteiger partial charge in [0, 0.05) is 0 Å². The summed E-state index contributed by atoms with van der Waals surface area (Å²) in [5.41, 5.74) is 0.889. The number of nitrogens with one attached hydrogen (secondary N) is 1. The van der Waals surface area contributed by atoms with Gasteiger partial charge in [-0.05, 0) is 25.5 Å². The van der Waals surface area contributed by atoms with Gasteiger partial charge in [-0.2, -0.15) is 0 Å². The average Bonchev–Trinajstić information content (AvgIpc) is 2.65. The second-order valence-corrected chi connectivity index (χ2v) is 3.48. The topological polar surface area (TPSA) is 77.8 Å². The first-order valence-corrected chi connectivity index (χ1v) is 4.98. The predicted octanol–water partition coefficient (Wildman–Crippen LogP) is 1.47. The van der Waals surface area contributed by atoms with Gasteiger partial charge in [-0.3, -0.25) is 0 Å². The van der Waals surface area contributed by atoms with Crippen LogP contribution in [0.25, 0.3) is 0 Å². The van der Waals surface area contributed by atoms with E-state index in [1.54, 1.807) is 13.0 Å². The number of alkyl carbamates (subject to hydrolysis) is 1. The van der Waals surface area contributed by atoms with Crippen molar-refractivity contribution in [1.82, 2.24) is 5.32 Å². The van der Waals surface area contributed by atoms with Crippen LogP contribution in [0.4, 0.5) is 4.79 Å². The normalized spacial score (nSPS) is 11.8. The van der Waals surface area contributed by atoms with Crippen LogP contribution in [0.1, 0.15) is 23.1 Å². The van der Waals surface area contributed by atoms with E-state index in [0.29, 0.717) is 11.5 Å². The minimum Gasteiger partial charge on any atom is -0.467 e. The lowest BCUT2D eigenvalue weighted by atomic mass is 10.2. The number of hydrogen-bond donors (Lipinski definition) is 1. The molecule has 0 radical (unpaired) electrons. The summed E-state index contributed by atoms with van der Waals surface area (Å²) in [6.45, 7) is 3.61. The number of methoxy groups -OCH3 is 2. The number of furan rings is 1. The summed E-state index contributed by atoms with van der Waals surface area (Å²) in [5.74, 6) is 0.377. The lowest BCUT2D eigenvalue weighted by molar-refractivity contribution is -0.143. The van der Waals surface area contributed by atoms with Crippen LogP contribution in [-0.2, 0) is 14.3 Å². The number of amides is 1. The van der Waals surface area contributed by atoms with Gasteiger partial charge in [0.05, 0.1) is 14.2 Å². The Balaban J connectivity index is 2.97. The van der Waals surface area contributed by atoms with E-state index >= 15 is 0 Å². The highest BCUT2D eigenvalue weighted by Gasteiger charge is 2.27. The highest BCUT2D eigenvalue weighted by molar-refractivity contribution is 5.82. The van der Waals surface area contributed by atoms with E-state index in [-0.39, 0.29) is 0 Å². The Morgan fingerprint density at radius 2 is 1.94 bits per heavy atom. The number of ether oxygens (including phenoxy) is 2. The smallest absolute Gasteiger partial charge is 0.407 e. The summed E-state index contributed by atoms with van der Waals surface area (Å²) >= 11 is 0. The zero-order valence-electron chi connectivity index (χ0n) is 10.2. The number of rotatable bonds is 3. The molecule has 1 atom stereocenters. The van der Waals surface area contributed by atoms with E-state index in [9.17, 15) is 9.59 Å². The molecular formula is C11H15NO5. The molecule has 0 aliphatic carbocycles. The van der Waals surface area contributed by atoms with Gasteiger partial charge in [-0.1, -0.05) is 0 Å². The zero-order valence-corrected chi connectivity index (χ0v) is 10.2. The van der Waals surface area contributed by atoms with E-state index in [4.69, 9.17) is 4.42 Å². The zero-order chi connectivity index (χ0) is 13.0. The van der Waals surface area contributed by atoms with Crippen LogP contribution < -0.4 is 5.32 Å². The molecule has 1 heterocycles. The number of carbonyl (C=O) groups excluding carboxylic acids is 2. The van der Waals surface area contributed by atoms with Crippen molar-refractivity contribution in [3.05, 3.63) is 23.2 Å². The van der Waals surface area contributed by atoms with Crippen molar-refractivity contribution >= 4 is 12.1 Å². The molecule has 0 spiro atoms. The van der Waals surface area contributed by atoms with Crippen LogP contribution in [0.2, 0.25) is 0 Å². The molecule has 6 heteroatoms. The van der Waals surface area contributed by atoms with Crippen molar-refractivity contribution in [2.24, 2.45) is 0 Å². The fourth-order valence-electron chi connectivity index (χ4n) is 1.28. The first-order valence-electron chi connectivity index (χ1n) is 4.98. The summed E-state index contributed by atoms with van der Waals surface area (Å²) in [4.78, 5) is 22.7. The quantitative estimate of drug-likeness (QED) is 0.811. The predicted molar refractivity (Wildman–Crippen MR) is 58.5 cm³/mol. The van der Waals surface area contributed by atoms with Gasteiger partial charge in [0.1, 0.15) is 11.5 Å². The van der Waals surface area contributed by atoms with Gasteiger partial charge in [0.15, 0.2) is 6.04 Å². The Labute approximate surface area is 98.9 Å². The van der Waals surface area contributed by atoms with E-state index in [2.05, 4.69) is 14.8 Å². The van der Waals surface area contributed by atoms with Crippen LogP contribution >= 0.6 is 0 Å². The number of hydrogen-bond acceptors (Lipinski definition) is 5. The van der Waals surface area contributed by atoms with Crippen LogP contribution in [0.3, 0.4) is 0 Å². The molecule has 0 aromatic carbocycles. The maximum Gasteiger partial charge on any atom is 0.407 e. The maximum atomic E-state index is 11.5. The van der Waals surface area contributed by atoms with E-state index < -0.39 is 18.1 Å². The average molecular weight is 241 g/mol.